The van der Waals surface area contributed by atoms with Crippen LogP contribution < -0.4 is 4.74 Å². The summed E-state index contributed by atoms with van der Waals surface area (Å²) in [5.74, 6) is -1.05. The topological polar surface area (TPSA) is 96.3 Å². The second kappa shape index (κ2) is 10.6. The van der Waals surface area contributed by atoms with Crippen molar-refractivity contribution in [3.05, 3.63) is 69.7 Å². The van der Waals surface area contributed by atoms with Crippen molar-refractivity contribution in [2.45, 2.75) is 13.0 Å². The lowest BCUT2D eigenvalue weighted by atomic mass is 9.95. The van der Waals surface area contributed by atoms with Crippen LogP contribution >= 0.6 is 15.9 Å². The fourth-order valence-corrected chi connectivity index (χ4v) is 3.73. The highest BCUT2D eigenvalue weighted by Gasteiger charge is 2.45. The summed E-state index contributed by atoms with van der Waals surface area (Å²) >= 11 is 3.39. The number of carbonyl (C=O) groups excluding carboxylic acids is 2. The van der Waals surface area contributed by atoms with E-state index in [1.807, 2.05) is 19.1 Å². The maximum absolute atomic E-state index is 12.9. The van der Waals surface area contributed by atoms with E-state index < -0.39 is 17.7 Å². The maximum atomic E-state index is 12.9. The molecule has 0 bridgehead atoms. The molecule has 1 aliphatic rings. The molecule has 2 aromatic carbocycles. The standard InChI is InChI=1S/C23H24BrNO6/c1-2-31-18-9-5-16(6-10-18)21(27)19-20(15-3-7-17(24)8-4-15)25(23(29)22(19)28)11-13-30-14-12-26/h3-10,20,26-27H,2,11-14H2,1H3/b21-19+/t20-/m1/s1. The van der Waals surface area contributed by atoms with E-state index in [1.54, 1.807) is 36.4 Å². The van der Waals surface area contributed by atoms with Gasteiger partial charge in [-0.15, -0.1) is 0 Å². The number of rotatable bonds is 9. The number of benzene rings is 2. The molecule has 0 radical (unpaired) electrons. The van der Waals surface area contributed by atoms with Gasteiger partial charge >= 0.3 is 0 Å². The van der Waals surface area contributed by atoms with E-state index in [-0.39, 0.29) is 37.7 Å². The molecule has 3 rings (SSSR count). The van der Waals surface area contributed by atoms with Crippen molar-refractivity contribution in [3.8, 4) is 5.75 Å². The van der Waals surface area contributed by atoms with Crippen molar-refractivity contribution >= 4 is 33.4 Å². The van der Waals surface area contributed by atoms with Crippen LogP contribution in [0.4, 0.5) is 0 Å². The van der Waals surface area contributed by atoms with Gasteiger partial charge in [-0.05, 0) is 48.9 Å². The number of hydrogen-bond acceptors (Lipinski definition) is 6. The third-order valence-electron chi connectivity index (χ3n) is 4.88. The highest BCUT2D eigenvalue weighted by Crippen LogP contribution is 2.39. The lowest BCUT2D eigenvalue weighted by molar-refractivity contribution is -0.140. The molecule has 2 N–H and O–H groups in total. The fourth-order valence-electron chi connectivity index (χ4n) is 3.46. The van der Waals surface area contributed by atoms with E-state index in [2.05, 4.69) is 15.9 Å². The van der Waals surface area contributed by atoms with Crippen molar-refractivity contribution < 1.29 is 29.3 Å². The van der Waals surface area contributed by atoms with Crippen LogP contribution in [0.1, 0.15) is 24.1 Å². The molecule has 1 amide bonds. The summed E-state index contributed by atoms with van der Waals surface area (Å²) in [6.07, 6.45) is 0. The Labute approximate surface area is 189 Å². The van der Waals surface area contributed by atoms with E-state index in [4.69, 9.17) is 14.6 Å². The summed E-state index contributed by atoms with van der Waals surface area (Å²) in [5, 5.41) is 19.9. The number of amides is 1. The van der Waals surface area contributed by atoms with Crippen LogP contribution in [0.25, 0.3) is 5.76 Å². The molecule has 1 atom stereocenters. The van der Waals surface area contributed by atoms with Gasteiger partial charge in [0.1, 0.15) is 11.5 Å². The summed E-state index contributed by atoms with van der Waals surface area (Å²) in [5.41, 5.74) is 1.13. The van der Waals surface area contributed by atoms with Gasteiger partial charge in [-0.25, -0.2) is 0 Å². The van der Waals surface area contributed by atoms with Gasteiger partial charge in [-0.3, -0.25) is 9.59 Å². The Balaban J connectivity index is 2.02. The predicted octanol–water partition coefficient (Wildman–Crippen LogP) is 3.28. The van der Waals surface area contributed by atoms with Crippen LogP contribution in [-0.2, 0) is 14.3 Å². The smallest absolute Gasteiger partial charge is 0.295 e. The molecule has 31 heavy (non-hydrogen) atoms. The fraction of sp³-hybridized carbons (Fsp3) is 0.304. The summed E-state index contributed by atoms with van der Waals surface area (Å²) in [7, 11) is 0. The molecule has 1 aliphatic heterocycles. The van der Waals surface area contributed by atoms with Gasteiger partial charge in [0, 0.05) is 16.6 Å². The van der Waals surface area contributed by atoms with Gasteiger partial charge in [0.15, 0.2) is 0 Å². The van der Waals surface area contributed by atoms with Crippen molar-refractivity contribution in [2.75, 3.05) is 33.0 Å². The van der Waals surface area contributed by atoms with Crippen molar-refractivity contribution in [1.82, 2.24) is 4.90 Å². The zero-order valence-electron chi connectivity index (χ0n) is 17.1. The molecule has 0 saturated carbocycles. The van der Waals surface area contributed by atoms with E-state index in [0.29, 0.717) is 23.5 Å². The lowest BCUT2D eigenvalue weighted by Crippen LogP contribution is -2.33. The second-order valence-electron chi connectivity index (χ2n) is 6.84. The first-order valence-electron chi connectivity index (χ1n) is 9.93. The molecule has 1 heterocycles. The molecule has 8 heteroatoms. The first kappa shape index (κ1) is 23.0. The largest absolute Gasteiger partial charge is 0.507 e. The number of Topliss-reactive ketones (excluding diaryl/α,β-unsaturated/α-hetero) is 1. The molecule has 1 fully saturated rings. The molecular weight excluding hydrogens is 466 g/mol. The molecule has 0 unspecified atom stereocenters. The van der Waals surface area contributed by atoms with Crippen LogP contribution in [0.5, 0.6) is 5.75 Å². The minimum absolute atomic E-state index is 0.0265. The van der Waals surface area contributed by atoms with Gasteiger partial charge in [-0.2, -0.15) is 0 Å². The minimum atomic E-state index is -0.752. The normalized spacial score (nSPS) is 17.9. The molecule has 0 aliphatic carbocycles. The number of carbonyl (C=O) groups is 2. The summed E-state index contributed by atoms with van der Waals surface area (Å²) in [6, 6.07) is 13.2. The molecule has 7 nitrogen and oxygen atoms in total. The Bertz CT molecular complexity index is 955. The van der Waals surface area contributed by atoms with Crippen LogP contribution in [0, 0.1) is 0 Å². The van der Waals surface area contributed by atoms with Gasteiger partial charge in [-0.1, -0.05) is 28.1 Å². The number of aliphatic hydroxyl groups is 2. The maximum Gasteiger partial charge on any atom is 0.295 e. The van der Waals surface area contributed by atoms with Gasteiger partial charge in [0.2, 0.25) is 0 Å². The van der Waals surface area contributed by atoms with Crippen LogP contribution in [0.15, 0.2) is 58.6 Å². The number of aliphatic hydroxyl groups excluding tert-OH is 2. The van der Waals surface area contributed by atoms with Crippen molar-refractivity contribution in [1.29, 1.82) is 0 Å². The molecule has 0 spiro atoms. The average Bonchev–Trinajstić information content (AvgIpc) is 3.02. The summed E-state index contributed by atoms with van der Waals surface area (Å²) in [6.45, 7) is 2.69. The number of likely N-dealkylation sites (tertiary alicyclic amines) is 1. The van der Waals surface area contributed by atoms with Crippen molar-refractivity contribution in [3.63, 3.8) is 0 Å². The number of hydrogen-bond donors (Lipinski definition) is 2. The van der Waals surface area contributed by atoms with Gasteiger partial charge in [0.25, 0.3) is 11.7 Å². The second-order valence-corrected chi connectivity index (χ2v) is 7.75. The molecule has 164 valence electrons. The molecule has 0 aromatic heterocycles. The zero-order chi connectivity index (χ0) is 22.4. The monoisotopic (exact) mass is 489 g/mol. The number of ketones is 1. The summed E-state index contributed by atoms with van der Waals surface area (Å²) in [4.78, 5) is 27.1. The molecular formula is C23H24BrNO6. The number of ether oxygens (including phenoxy) is 2. The third kappa shape index (κ3) is 5.15. The Morgan fingerprint density at radius 3 is 2.35 bits per heavy atom. The molecule has 2 aromatic rings. The Hall–Kier alpha value is -2.68. The first-order valence-corrected chi connectivity index (χ1v) is 10.7. The number of halogens is 1. The van der Waals surface area contributed by atoms with E-state index >= 15 is 0 Å². The summed E-state index contributed by atoms with van der Waals surface area (Å²) < 4.78 is 11.6. The Kier molecular flexibility index (Phi) is 7.84. The zero-order valence-corrected chi connectivity index (χ0v) is 18.7. The van der Waals surface area contributed by atoms with E-state index in [0.717, 1.165) is 4.47 Å². The Morgan fingerprint density at radius 1 is 1.06 bits per heavy atom. The minimum Gasteiger partial charge on any atom is -0.507 e. The van der Waals surface area contributed by atoms with E-state index in [1.165, 1.54) is 4.90 Å². The van der Waals surface area contributed by atoms with E-state index in [9.17, 15) is 14.7 Å². The van der Waals surface area contributed by atoms with Crippen molar-refractivity contribution in [2.24, 2.45) is 0 Å². The van der Waals surface area contributed by atoms with Gasteiger partial charge in [0.05, 0.1) is 38.0 Å². The van der Waals surface area contributed by atoms with Gasteiger partial charge < -0.3 is 24.6 Å². The third-order valence-corrected chi connectivity index (χ3v) is 5.41. The Morgan fingerprint density at radius 2 is 1.74 bits per heavy atom. The van der Waals surface area contributed by atoms with Crippen LogP contribution in [-0.4, -0.2) is 59.8 Å². The lowest BCUT2D eigenvalue weighted by Gasteiger charge is -2.25. The SMILES string of the molecule is CCOc1ccc(/C(O)=C2\C(=O)C(=O)N(CCOCCO)[C@@H]2c2ccc(Br)cc2)cc1. The quantitative estimate of drug-likeness (QED) is 0.243. The highest BCUT2D eigenvalue weighted by atomic mass is 79.9. The van der Waals surface area contributed by atoms with Crippen LogP contribution in [0.2, 0.25) is 0 Å². The number of nitrogens with zero attached hydrogens (tertiary/aromatic N) is 1. The molecule has 1 saturated heterocycles. The first-order chi connectivity index (χ1) is 15.0. The average molecular weight is 490 g/mol. The predicted molar refractivity (Wildman–Crippen MR) is 119 cm³/mol. The van der Waals surface area contributed by atoms with Crippen LogP contribution in [0.3, 0.4) is 0 Å². The highest BCUT2D eigenvalue weighted by molar-refractivity contribution is 9.10.